The number of hydrogen-bond acceptors (Lipinski definition) is 2. The Balaban J connectivity index is 2.90. The third kappa shape index (κ3) is 3.91. The molecule has 0 radical (unpaired) electrons. The van der Waals surface area contributed by atoms with Crippen molar-refractivity contribution in [2.45, 2.75) is 40.2 Å². The maximum Gasteiger partial charge on any atom is 0.265 e. The van der Waals surface area contributed by atoms with Gasteiger partial charge in [0.2, 0.25) is 0 Å². The third-order valence-electron chi connectivity index (χ3n) is 2.78. The number of anilines is 1. The molecule has 0 amide bonds. The Bertz CT molecular complexity index is 389. The van der Waals surface area contributed by atoms with Gasteiger partial charge in [-0.2, -0.15) is 0 Å². The summed E-state index contributed by atoms with van der Waals surface area (Å²) in [5.74, 6) is 0.478. The molecular formula is C12H17BrF2N2. The van der Waals surface area contributed by atoms with Gasteiger partial charge in [0.25, 0.3) is 6.43 Å². The van der Waals surface area contributed by atoms with E-state index in [0.29, 0.717) is 10.3 Å². The van der Waals surface area contributed by atoms with E-state index in [1.54, 1.807) is 0 Å². The highest BCUT2D eigenvalue weighted by Crippen LogP contribution is 2.29. The molecule has 1 aromatic heterocycles. The summed E-state index contributed by atoms with van der Waals surface area (Å²) >= 11 is 3.07. The van der Waals surface area contributed by atoms with Crippen molar-refractivity contribution in [1.82, 2.24) is 4.98 Å². The van der Waals surface area contributed by atoms with Gasteiger partial charge in [-0.3, -0.25) is 0 Å². The van der Waals surface area contributed by atoms with Gasteiger partial charge >= 0.3 is 0 Å². The van der Waals surface area contributed by atoms with Crippen LogP contribution >= 0.6 is 15.9 Å². The summed E-state index contributed by atoms with van der Waals surface area (Å²) in [5.41, 5.74) is 0.00309. The number of nitrogens with zero attached hydrogens (tertiary/aromatic N) is 1. The van der Waals surface area contributed by atoms with Gasteiger partial charge in [0.15, 0.2) is 0 Å². The SMILES string of the molecule is C[C@@H](Nc1cc(C(F)F)c(Br)cn1)C(C)(C)C. The second kappa shape index (κ2) is 5.29. The van der Waals surface area contributed by atoms with E-state index in [9.17, 15) is 8.78 Å². The topological polar surface area (TPSA) is 24.9 Å². The fourth-order valence-electron chi connectivity index (χ4n) is 1.14. The number of rotatable bonds is 3. The van der Waals surface area contributed by atoms with Gasteiger partial charge in [-0.15, -0.1) is 0 Å². The van der Waals surface area contributed by atoms with E-state index in [4.69, 9.17) is 0 Å². The molecule has 17 heavy (non-hydrogen) atoms. The van der Waals surface area contributed by atoms with Crippen molar-refractivity contribution in [2.75, 3.05) is 5.32 Å². The fraction of sp³-hybridized carbons (Fsp3) is 0.583. The summed E-state index contributed by atoms with van der Waals surface area (Å²) < 4.78 is 25.7. The van der Waals surface area contributed by atoms with E-state index in [-0.39, 0.29) is 17.0 Å². The molecule has 0 aliphatic heterocycles. The van der Waals surface area contributed by atoms with Crippen LogP contribution in [0.25, 0.3) is 0 Å². The summed E-state index contributed by atoms with van der Waals surface area (Å²) in [6.45, 7) is 8.25. The molecule has 0 spiro atoms. The van der Waals surface area contributed by atoms with Crippen molar-refractivity contribution in [3.63, 3.8) is 0 Å². The lowest BCUT2D eigenvalue weighted by Crippen LogP contribution is -2.31. The van der Waals surface area contributed by atoms with Crippen LogP contribution in [-0.2, 0) is 0 Å². The van der Waals surface area contributed by atoms with Crippen LogP contribution in [0.3, 0.4) is 0 Å². The highest BCUT2D eigenvalue weighted by atomic mass is 79.9. The molecule has 1 heterocycles. The Hall–Kier alpha value is -0.710. The highest BCUT2D eigenvalue weighted by molar-refractivity contribution is 9.10. The molecule has 0 aliphatic carbocycles. The Morgan fingerprint density at radius 3 is 2.41 bits per heavy atom. The zero-order valence-electron chi connectivity index (χ0n) is 10.4. The number of alkyl halides is 2. The van der Waals surface area contributed by atoms with Gasteiger partial charge in [-0.05, 0) is 34.3 Å². The first-order chi connectivity index (χ1) is 7.71. The number of nitrogens with one attached hydrogen (secondary N) is 1. The lowest BCUT2D eigenvalue weighted by Gasteiger charge is -2.28. The maximum atomic E-state index is 12.7. The summed E-state index contributed by atoms with van der Waals surface area (Å²) in [5, 5.41) is 3.14. The van der Waals surface area contributed by atoms with Crippen LogP contribution in [0.15, 0.2) is 16.7 Å². The lowest BCUT2D eigenvalue weighted by molar-refractivity contribution is 0.150. The van der Waals surface area contributed by atoms with Crippen LogP contribution in [0.4, 0.5) is 14.6 Å². The molecule has 0 aromatic carbocycles. The zero-order chi connectivity index (χ0) is 13.2. The normalized spacial score (nSPS) is 13.9. The van der Waals surface area contributed by atoms with Crippen LogP contribution in [0, 0.1) is 5.41 Å². The Kier molecular flexibility index (Phi) is 4.47. The van der Waals surface area contributed by atoms with Crippen LogP contribution in [0.2, 0.25) is 0 Å². The van der Waals surface area contributed by atoms with Crippen molar-refractivity contribution >= 4 is 21.7 Å². The minimum Gasteiger partial charge on any atom is -0.367 e. The molecule has 0 unspecified atom stereocenters. The zero-order valence-corrected chi connectivity index (χ0v) is 12.0. The van der Waals surface area contributed by atoms with Crippen molar-refractivity contribution in [3.8, 4) is 0 Å². The van der Waals surface area contributed by atoms with E-state index < -0.39 is 6.43 Å². The summed E-state index contributed by atoms with van der Waals surface area (Å²) in [6.07, 6.45) is -1.10. The monoisotopic (exact) mass is 306 g/mol. The second-order valence-corrected chi connectivity index (χ2v) is 5.98. The van der Waals surface area contributed by atoms with Crippen molar-refractivity contribution in [1.29, 1.82) is 0 Å². The smallest absolute Gasteiger partial charge is 0.265 e. The van der Waals surface area contributed by atoms with E-state index in [1.165, 1.54) is 12.3 Å². The predicted octanol–water partition coefficient (Wildman–Crippen LogP) is 4.63. The van der Waals surface area contributed by atoms with E-state index in [1.807, 2.05) is 6.92 Å². The van der Waals surface area contributed by atoms with Gasteiger partial charge in [0, 0.05) is 22.3 Å². The predicted molar refractivity (Wildman–Crippen MR) is 69.4 cm³/mol. The molecule has 0 saturated carbocycles. The van der Waals surface area contributed by atoms with Crippen LogP contribution in [0.5, 0.6) is 0 Å². The van der Waals surface area contributed by atoms with E-state index in [2.05, 4.69) is 47.0 Å². The van der Waals surface area contributed by atoms with Gasteiger partial charge in [-0.1, -0.05) is 20.8 Å². The standard InChI is InChI=1S/C12H17BrF2N2/c1-7(12(2,3)4)17-10-5-8(11(14)15)9(13)6-16-10/h5-7,11H,1-4H3,(H,16,17)/t7-/m1/s1. The summed E-state index contributed by atoms with van der Waals surface area (Å²) in [6, 6.07) is 1.53. The Labute approximate surface area is 109 Å². The first-order valence-corrected chi connectivity index (χ1v) is 6.21. The van der Waals surface area contributed by atoms with Crippen molar-refractivity contribution < 1.29 is 8.78 Å². The number of aromatic nitrogens is 1. The lowest BCUT2D eigenvalue weighted by atomic mass is 9.88. The minimum absolute atomic E-state index is 0.0383. The first-order valence-electron chi connectivity index (χ1n) is 5.42. The molecule has 5 heteroatoms. The molecule has 96 valence electrons. The van der Waals surface area contributed by atoms with Gasteiger partial charge in [0.1, 0.15) is 5.82 Å². The average molecular weight is 307 g/mol. The van der Waals surface area contributed by atoms with Gasteiger partial charge in [-0.25, -0.2) is 13.8 Å². The summed E-state index contributed by atoms with van der Waals surface area (Å²) in [7, 11) is 0. The largest absolute Gasteiger partial charge is 0.367 e. The van der Waals surface area contributed by atoms with Gasteiger partial charge < -0.3 is 5.32 Å². The third-order valence-corrected chi connectivity index (χ3v) is 3.45. The highest BCUT2D eigenvalue weighted by Gasteiger charge is 2.21. The second-order valence-electron chi connectivity index (χ2n) is 5.12. The molecule has 1 rings (SSSR count). The number of hydrogen-bond donors (Lipinski definition) is 1. The van der Waals surface area contributed by atoms with Crippen molar-refractivity contribution in [2.24, 2.45) is 5.41 Å². The molecule has 1 N–H and O–H groups in total. The molecule has 1 atom stereocenters. The quantitative estimate of drug-likeness (QED) is 0.881. The summed E-state index contributed by atoms with van der Waals surface area (Å²) in [4.78, 5) is 4.08. The molecule has 0 fully saturated rings. The van der Waals surface area contributed by atoms with E-state index in [0.717, 1.165) is 0 Å². The molecule has 2 nitrogen and oxygen atoms in total. The van der Waals surface area contributed by atoms with Crippen LogP contribution in [0.1, 0.15) is 39.7 Å². The Morgan fingerprint density at radius 1 is 1.35 bits per heavy atom. The molecule has 0 bridgehead atoms. The van der Waals surface area contributed by atoms with Gasteiger partial charge in [0.05, 0.1) is 0 Å². The number of pyridine rings is 1. The molecule has 0 saturated heterocycles. The maximum absolute atomic E-state index is 12.7. The Morgan fingerprint density at radius 2 is 1.94 bits per heavy atom. The molecule has 1 aromatic rings. The van der Waals surface area contributed by atoms with Crippen LogP contribution < -0.4 is 5.32 Å². The number of halogens is 3. The van der Waals surface area contributed by atoms with Crippen molar-refractivity contribution in [3.05, 3.63) is 22.3 Å². The molecular weight excluding hydrogens is 290 g/mol. The van der Waals surface area contributed by atoms with Crippen LogP contribution in [-0.4, -0.2) is 11.0 Å². The fourth-order valence-corrected chi connectivity index (χ4v) is 1.53. The first kappa shape index (κ1) is 14.4. The average Bonchev–Trinajstić information content (AvgIpc) is 2.19. The molecule has 0 aliphatic rings. The minimum atomic E-state index is -2.50. The van der Waals surface area contributed by atoms with E-state index >= 15 is 0 Å².